The van der Waals surface area contributed by atoms with Gasteiger partial charge in [0.15, 0.2) is 0 Å². The Bertz CT molecular complexity index is 277. The van der Waals surface area contributed by atoms with Crippen LogP contribution in [0.4, 0.5) is 0 Å². The lowest BCUT2D eigenvalue weighted by atomic mass is 9.92. The molecule has 0 unspecified atom stereocenters. The summed E-state index contributed by atoms with van der Waals surface area (Å²) in [4.78, 5) is 11.3. The molecule has 0 aromatic heterocycles. The summed E-state index contributed by atoms with van der Waals surface area (Å²) in [6, 6.07) is 10.2. The standard InChI is InChI=1S/C13H18O/c1-3-7-13(11(2)14)10-12-8-5-4-6-9-12/h4-6,8-9,13H,3,7,10H2,1-2H3/t13-/m0/s1. The van der Waals surface area contributed by atoms with E-state index in [0.29, 0.717) is 5.78 Å². The summed E-state index contributed by atoms with van der Waals surface area (Å²) in [5, 5.41) is 0. The van der Waals surface area contributed by atoms with Gasteiger partial charge in [-0.25, -0.2) is 0 Å². The van der Waals surface area contributed by atoms with Crippen LogP contribution >= 0.6 is 0 Å². The summed E-state index contributed by atoms with van der Waals surface area (Å²) in [6.07, 6.45) is 2.98. The van der Waals surface area contributed by atoms with E-state index < -0.39 is 0 Å². The molecule has 1 atom stereocenters. The predicted molar refractivity (Wildman–Crippen MR) is 59.2 cm³/mol. The second-order valence-electron chi connectivity index (χ2n) is 3.79. The van der Waals surface area contributed by atoms with Gasteiger partial charge in [-0.05, 0) is 25.3 Å². The monoisotopic (exact) mass is 190 g/mol. The van der Waals surface area contributed by atoms with Crippen molar-refractivity contribution in [1.29, 1.82) is 0 Å². The van der Waals surface area contributed by atoms with Gasteiger partial charge in [0.25, 0.3) is 0 Å². The van der Waals surface area contributed by atoms with Gasteiger partial charge in [-0.3, -0.25) is 4.79 Å². The second kappa shape index (κ2) is 5.58. The highest BCUT2D eigenvalue weighted by molar-refractivity contribution is 5.78. The number of Topliss-reactive ketones (excluding diaryl/α,β-unsaturated/α-hetero) is 1. The van der Waals surface area contributed by atoms with Crippen LogP contribution in [0.5, 0.6) is 0 Å². The van der Waals surface area contributed by atoms with Crippen LogP contribution in [-0.2, 0) is 11.2 Å². The van der Waals surface area contributed by atoms with E-state index in [-0.39, 0.29) is 5.92 Å². The minimum Gasteiger partial charge on any atom is -0.300 e. The van der Waals surface area contributed by atoms with Gasteiger partial charge < -0.3 is 0 Å². The molecule has 0 fully saturated rings. The molecule has 1 rings (SSSR count). The zero-order valence-corrected chi connectivity index (χ0v) is 8.99. The maximum atomic E-state index is 11.3. The fourth-order valence-corrected chi connectivity index (χ4v) is 1.70. The third-order valence-electron chi connectivity index (χ3n) is 2.54. The highest BCUT2D eigenvalue weighted by Gasteiger charge is 2.13. The molecular formula is C13H18O. The first-order chi connectivity index (χ1) is 6.74. The van der Waals surface area contributed by atoms with E-state index in [2.05, 4.69) is 19.1 Å². The molecule has 0 aliphatic rings. The van der Waals surface area contributed by atoms with Gasteiger partial charge in [-0.1, -0.05) is 43.7 Å². The molecule has 1 nitrogen and oxygen atoms in total. The highest BCUT2D eigenvalue weighted by Crippen LogP contribution is 2.14. The van der Waals surface area contributed by atoms with Gasteiger partial charge in [0.1, 0.15) is 5.78 Å². The average Bonchev–Trinajstić information content (AvgIpc) is 2.18. The Morgan fingerprint density at radius 2 is 1.93 bits per heavy atom. The SMILES string of the molecule is CCC[C@@H](Cc1ccccc1)C(C)=O. The minimum absolute atomic E-state index is 0.211. The number of ketones is 1. The second-order valence-corrected chi connectivity index (χ2v) is 3.79. The Labute approximate surface area is 86.1 Å². The largest absolute Gasteiger partial charge is 0.300 e. The summed E-state index contributed by atoms with van der Waals surface area (Å²) >= 11 is 0. The molecule has 0 saturated heterocycles. The van der Waals surface area contributed by atoms with Crippen LogP contribution in [0.25, 0.3) is 0 Å². The molecule has 0 bridgehead atoms. The molecule has 0 amide bonds. The van der Waals surface area contributed by atoms with Crippen LogP contribution in [0.2, 0.25) is 0 Å². The van der Waals surface area contributed by atoms with E-state index in [1.165, 1.54) is 5.56 Å². The summed E-state index contributed by atoms with van der Waals surface area (Å²) in [5.41, 5.74) is 1.26. The maximum Gasteiger partial charge on any atom is 0.133 e. The maximum absolute atomic E-state index is 11.3. The van der Waals surface area contributed by atoms with E-state index in [4.69, 9.17) is 0 Å². The van der Waals surface area contributed by atoms with Gasteiger partial charge in [-0.2, -0.15) is 0 Å². The van der Waals surface area contributed by atoms with Crippen molar-refractivity contribution in [3.63, 3.8) is 0 Å². The van der Waals surface area contributed by atoms with Crippen molar-refractivity contribution in [2.24, 2.45) is 5.92 Å². The molecule has 0 saturated carbocycles. The van der Waals surface area contributed by atoms with E-state index in [1.807, 2.05) is 18.2 Å². The summed E-state index contributed by atoms with van der Waals surface area (Å²) < 4.78 is 0. The van der Waals surface area contributed by atoms with Crippen molar-refractivity contribution >= 4 is 5.78 Å². The van der Waals surface area contributed by atoms with Crippen LogP contribution in [-0.4, -0.2) is 5.78 Å². The van der Waals surface area contributed by atoms with Gasteiger partial charge >= 0.3 is 0 Å². The number of carbonyl (C=O) groups excluding carboxylic acids is 1. The van der Waals surface area contributed by atoms with Gasteiger partial charge in [0, 0.05) is 5.92 Å². The van der Waals surface area contributed by atoms with Gasteiger partial charge in [0.2, 0.25) is 0 Å². The Morgan fingerprint density at radius 3 is 2.43 bits per heavy atom. The molecule has 76 valence electrons. The van der Waals surface area contributed by atoms with Crippen molar-refractivity contribution < 1.29 is 4.79 Å². The van der Waals surface area contributed by atoms with E-state index in [0.717, 1.165) is 19.3 Å². The predicted octanol–water partition coefficient (Wildman–Crippen LogP) is 3.23. The van der Waals surface area contributed by atoms with Crippen LogP contribution in [0.1, 0.15) is 32.3 Å². The van der Waals surface area contributed by atoms with Crippen LogP contribution in [0, 0.1) is 5.92 Å². The van der Waals surface area contributed by atoms with Crippen molar-refractivity contribution in [2.45, 2.75) is 33.1 Å². The Morgan fingerprint density at radius 1 is 1.29 bits per heavy atom. The van der Waals surface area contributed by atoms with Crippen molar-refractivity contribution in [1.82, 2.24) is 0 Å². The van der Waals surface area contributed by atoms with Crippen LogP contribution in [0.15, 0.2) is 30.3 Å². The molecule has 1 aromatic carbocycles. The van der Waals surface area contributed by atoms with E-state index in [9.17, 15) is 4.79 Å². The first kappa shape index (κ1) is 11.0. The van der Waals surface area contributed by atoms with E-state index >= 15 is 0 Å². The quantitative estimate of drug-likeness (QED) is 0.696. The Kier molecular flexibility index (Phi) is 4.37. The molecule has 1 aromatic rings. The normalized spacial score (nSPS) is 12.4. The number of hydrogen-bond acceptors (Lipinski definition) is 1. The summed E-state index contributed by atoms with van der Waals surface area (Å²) in [7, 11) is 0. The number of rotatable bonds is 5. The van der Waals surface area contributed by atoms with Crippen LogP contribution in [0.3, 0.4) is 0 Å². The number of benzene rings is 1. The van der Waals surface area contributed by atoms with Crippen LogP contribution < -0.4 is 0 Å². The third kappa shape index (κ3) is 3.33. The molecule has 0 aliphatic carbocycles. The molecule has 0 heterocycles. The Balaban J connectivity index is 2.60. The zero-order chi connectivity index (χ0) is 10.4. The smallest absolute Gasteiger partial charge is 0.133 e. The van der Waals surface area contributed by atoms with Crippen molar-refractivity contribution in [3.8, 4) is 0 Å². The molecule has 14 heavy (non-hydrogen) atoms. The fourth-order valence-electron chi connectivity index (χ4n) is 1.70. The first-order valence-corrected chi connectivity index (χ1v) is 5.28. The molecule has 0 aliphatic heterocycles. The topological polar surface area (TPSA) is 17.1 Å². The molecule has 1 heteroatoms. The van der Waals surface area contributed by atoms with Crippen molar-refractivity contribution in [3.05, 3.63) is 35.9 Å². The lowest BCUT2D eigenvalue weighted by Gasteiger charge is -2.12. The number of carbonyl (C=O) groups is 1. The van der Waals surface area contributed by atoms with Gasteiger partial charge in [0.05, 0.1) is 0 Å². The van der Waals surface area contributed by atoms with E-state index in [1.54, 1.807) is 6.92 Å². The number of hydrogen-bond donors (Lipinski definition) is 0. The average molecular weight is 190 g/mol. The molecule has 0 radical (unpaired) electrons. The molecule has 0 N–H and O–H groups in total. The highest BCUT2D eigenvalue weighted by atomic mass is 16.1. The fraction of sp³-hybridized carbons (Fsp3) is 0.462. The summed E-state index contributed by atoms with van der Waals surface area (Å²) in [5.74, 6) is 0.526. The lowest BCUT2D eigenvalue weighted by molar-refractivity contribution is -0.120. The Hall–Kier alpha value is -1.11. The summed E-state index contributed by atoms with van der Waals surface area (Å²) in [6.45, 7) is 3.82. The minimum atomic E-state index is 0.211. The lowest BCUT2D eigenvalue weighted by Crippen LogP contribution is -2.13. The third-order valence-corrected chi connectivity index (χ3v) is 2.54. The first-order valence-electron chi connectivity index (χ1n) is 5.28. The molecular weight excluding hydrogens is 172 g/mol. The van der Waals surface area contributed by atoms with Crippen molar-refractivity contribution in [2.75, 3.05) is 0 Å². The zero-order valence-electron chi connectivity index (χ0n) is 8.99. The molecule has 0 spiro atoms. The van der Waals surface area contributed by atoms with Gasteiger partial charge in [-0.15, -0.1) is 0 Å².